The number of anilines is 1. The molecule has 0 aliphatic carbocycles. The van der Waals surface area contributed by atoms with Crippen LogP contribution in [-0.2, 0) is 6.42 Å². The van der Waals surface area contributed by atoms with Gasteiger partial charge >= 0.3 is 6.61 Å². The van der Waals surface area contributed by atoms with E-state index in [1.807, 2.05) is 37.3 Å². The van der Waals surface area contributed by atoms with Crippen LogP contribution in [0.5, 0.6) is 5.75 Å². The quantitative estimate of drug-likeness (QED) is 0.631. The normalized spacial score (nSPS) is 10.9. The van der Waals surface area contributed by atoms with E-state index in [2.05, 4.69) is 15.0 Å². The Morgan fingerprint density at radius 1 is 1.19 bits per heavy atom. The van der Waals surface area contributed by atoms with Crippen molar-refractivity contribution in [3.05, 3.63) is 75.2 Å². The number of rotatable bonds is 6. The van der Waals surface area contributed by atoms with E-state index in [4.69, 9.17) is 0 Å². The van der Waals surface area contributed by atoms with Crippen LogP contribution < -0.4 is 10.1 Å². The fourth-order valence-electron chi connectivity index (χ4n) is 2.75. The Labute approximate surface area is 159 Å². The zero-order chi connectivity index (χ0) is 19.4. The second-order valence-electron chi connectivity index (χ2n) is 5.96. The average Bonchev–Trinajstić information content (AvgIpc) is 2.96. The van der Waals surface area contributed by atoms with Gasteiger partial charge < -0.3 is 10.1 Å². The largest absolute Gasteiger partial charge is 0.435 e. The number of alkyl halides is 2. The van der Waals surface area contributed by atoms with Crippen LogP contribution in [0.2, 0.25) is 0 Å². The number of carbonyl (C=O) groups excluding carboxylic acids is 1. The van der Waals surface area contributed by atoms with Gasteiger partial charge in [-0.15, -0.1) is 11.3 Å². The molecule has 1 amide bonds. The van der Waals surface area contributed by atoms with Crippen molar-refractivity contribution in [2.45, 2.75) is 26.9 Å². The van der Waals surface area contributed by atoms with Gasteiger partial charge in [0.2, 0.25) is 0 Å². The summed E-state index contributed by atoms with van der Waals surface area (Å²) in [7, 11) is 0. The van der Waals surface area contributed by atoms with Gasteiger partial charge in [-0.3, -0.25) is 4.79 Å². The molecule has 3 aromatic rings. The van der Waals surface area contributed by atoms with Crippen molar-refractivity contribution in [3.63, 3.8) is 0 Å². The molecule has 0 atom stereocenters. The summed E-state index contributed by atoms with van der Waals surface area (Å²) in [5, 5.41) is 3.62. The van der Waals surface area contributed by atoms with E-state index in [-0.39, 0.29) is 11.7 Å². The number of benzene rings is 2. The number of carbonyl (C=O) groups is 1. The van der Waals surface area contributed by atoms with Gasteiger partial charge in [0, 0.05) is 17.7 Å². The summed E-state index contributed by atoms with van der Waals surface area (Å²) in [6, 6.07) is 14.1. The van der Waals surface area contributed by atoms with Crippen molar-refractivity contribution in [2.24, 2.45) is 0 Å². The van der Waals surface area contributed by atoms with Crippen LogP contribution in [0.15, 0.2) is 48.5 Å². The van der Waals surface area contributed by atoms with Gasteiger partial charge in [0.05, 0.1) is 10.7 Å². The smallest absolute Gasteiger partial charge is 0.387 e. The molecule has 0 saturated carbocycles. The number of aryl methyl sites for hydroxylation is 2. The fourth-order valence-corrected chi connectivity index (χ4v) is 3.57. The molecule has 1 aromatic heterocycles. The maximum atomic E-state index is 12.7. The molecule has 4 nitrogen and oxygen atoms in total. The predicted molar refractivity (Wildman–Crippen MR) is 102 cm³/mol. The maximum Gasteiger partial charge on any atom is 0.387 e. The Balaban J connectivity index is 1.86. The van der Waals surface area contributed by atoms with Crippen molar-refractivity contribution in [1.82, 2.24) is 4.98 Å². The highest BCUT2D eigenvalue weighted by Gasteiger charge is 2.16. The molecule has 0 radical (unpaired) electrons. The third-order valence-corrected chi connectivity index (χ3v) is 4.95. The molecule has 0 aliphatic rings. The molecule has 7 heteroatoms. The number of nitrogens with one attached hydrogen (secondary N) is 1. The molecule has 0 saturated heterocycles. The minimum Gasteiger partial charge on any atom is -0.435 e. The minimum absolute atomic E-state index is 0.0941. The third-order valence-electron chi connectivity index (χ3n) is 3.88. The third kappa shape index (κ3) is 4.89. The molecule has 3 rings (SSSR count). The monoisotopic (exact) mass is 388 g/mol. The number of aromatic nitrogens is 1. The molecule has 1 N–H and O–H groups in total. The van der Waals surface area contributed by atoms with E-state index in [0.29, 0.717) is 28.2 Å². The van der Waals surface area contributed by atoms with Crippen LogP contribution in [0.3, 0.4) is 0 Å². The Morgan fingerprint density at radius 2 is 1.93 bits per heavy atom. The first-order valence-corrected chi connectivity index (χ1v) is 9.11. The number of halogens is 2. The molecule has 2 aromatic carbocycles. The molecule has 27 heavy (non-hydrogen) atoms. The Hall–Kier alpha value is -2.80. The average molecular weight is 388 g/mol. The van der Waals surface area contributed by atoms with E-state index in [9.17, 15) is 13.6 Å². The van der Waals surface area contributed by atoms with Crippen LogP contribution in [0.4, 0.5) is 14.5 Å². The first kappa shape index (κ1) is 19.0. The molecule has 0 bridgehead atoms. The summed E-state index contributed by atoms with van der Waals surface area (Å²) in [6.45, 7) is 0.699. The lowest BCUT2D eigenvalue weighted by Crippen LogP contribution is -2.12. The summed E-state index contributed by atoms with van der Waals surface area (Å²) in [5.74, 6) is -0.178. The summed E-state index contributed by atoms with van der Waals surface area (Å²) >= 11 is 1.31. The van der Waals surface area contributed by atoms with E-state index in [1.54, 1.807) is 19.1 Å². The van der Waals surface area contributed by atoms with Gasteiger partial charge in [0.1, 0.15) is 10.6 Å². The van der Waals surface area contributed by atoms with Crippen LogP contribution >= 0.6 is 11.3 Å². The molecular formula is C20H18F2N2O2S. The van der Waals surface area contributed by atoms with E-state index in [1.165, 1.54) is 17.4 Å². The van der Waals surface area contributed by atoms with Crippen molar-refractivity contribution >= 4 is 22.9 Å². The molecule has 0 spiro atoms. The van der Waals surface area contributed by atoms with Gasteiger partial charge in [0.15, 0.2) is 0 Å². The Bertz CT molecular complexity index is 942. The number of ether oxygens (including phenoxy) is 1. The van der Waals surface area contributed by atoms with Gasteiger partial charge in [0.25, 0.3) is 5.91 Å². The number of hydrogen-bond donors (Lipinski definition) is 1. The standard InChI is InChI=1S/C20H18F2N2O2S/c1-12-18(27-13(2)23-12)19(25)24-16-8-9-17(26-20(21)22)15(11-16)10-14-6-4-3-5-7-14/h3-9,11,20H,10H2,1-2H3,(H,24,25). The van der Waals surface area contributed by atoms with Crippen molar-refractivity contribution in [3.8, 4) is 5.75 Å². The van der Waals surface area contributed by atoms with Gasteiger partial charge in [-0.2, -0.15) is 8.78 Å². The first-order valence-electron chi connectivity index (χ1n) is 8.29. The van der Waals surface area contributed by atoms with Crippen molar-refractivity contribution in [1.29, 1.82) is 0 Å². The molecule has 140 valence electrons. The highest BCUT2D eigenvalue weighted by Crippen LogP contribution is 2.28. The fraction of sp³-hybridized carbons (Fsp3) is 0.200. The Morgan fingerprint density at radius 3 is 2.56 bits per heavy atom. The number of thiazole rings is 1. The molecule has 0 fully saturated rings. The lowest BCUT2D eigenvalue weighted by Gasteiger charge is -2.13. The number of amides is 1. The SMILES string of the molecule is Cc1nc(C)c(C(=O)Nc2ccc(OC(F)F)c(Cc3ccccc3)c2)s1. The number of nitrogens with zero attached hydrogens (tertiary/aromatic N) is 1. The zero-order valence-electron chi connectivity index (χ0n) is 14.8. The Kier molecular flexibility index (Phi) is 5.81. The molecular weight excluding hydrogens is 370 g/mol. The topological polar surface area (TPSA) is 51.2 Å². The summed E-state index contributed by atoms with van der Waals surface area (Å²) in [4.78, 5) is 17.3. The van der Waals surface area contributed by atoms with Crippen LogP contribution in [0.1, 0.15) is 31.5 Å². The van der Waals surface area contributed by atoms with E-state index >= 15 is 0 Å². The molecule has 0 unspecified atom stereocenters. The second-order valence-corrected chi connectivity index (χ2v) is 7.17. The summed E-state index contributed by atoms with van der Waals surface area (Å²) < 4.78 is 30.1. The van der Waals surface area contributed by atoms with E-state index < -0.39 is 6.61 Å². The number of hydrogen-bond acceptors (Lipinski definition) is 4. The van der Waals surface area contributed by atoms with Crippen molar-refractivity contribution in [2.75, 3.05) is 5.32 Å². The van der Waals surface area contributed by atoms with Crippen LogP contribution in [0.25, 0.3) is 0 Å². The predicted octanol–water partition coefficient (Wildman–Crippen LogP) is 5.20. The second kappa shape index (κ2) is 8.26. The van der Waals surface area contributed by atoms with Crippen LogP contribution in [0, 0.1) is 13.8 Å². The van der Waals surface area contributed by atoms with Gasteiger partial charge in [-0.1, -0.05) is 30.3 Å². The maximum absolute atomic E-state index is 12.7. The summed E-state index contributed by atoms with van der Waals surface area (Å²) in [6.07, 6.45) is 0.408. The molecule has 0 aliphatic heterocycles. The first-order chi connectivity index (χ1) is 12.9. The minimum atomic E-state index is -2.91. The van der Waals surface area contributed by atoms with Gasteiger partial charge in [-0.25, -0.2) is 4.98 Å². The highest BCUT2D eigenvalue weighted by atomic mass is 32.1. The lowest BCUT2D eigenvalue weighted by atomic mass is 10.0. The summed E-state index contributed by atoms with van der Waals surface area (Å²) in [5.41, 5.74) is 2.70. The molecule has 1 heterocycles. The van der Waals surface area contributed by atoms with Gasteiger partial charge in [-0.05, 0) is 37.6 Å². The van der Waals surface area contributed by atoms with E-state index in [0.717, 1.165) is 10.6 Å². The highest BCUT2D eigenvalue weighted by molar-refractivity contribution is 7.13. The zero-order valence-corrected chi connectivity index (χ0v) is 15.6. The lowest BCUT2D eigenvalue weighted by molar-refractivity contribution is -0.0503. The van der Waals surface area contributed by atoms with Crippen LogP contribution in [-0.4, -0.2) is 17.5 Å². The van der Waals surface area contributed by atoms with Crippen molar-refractivity contribution < 1.29 is 18.3 Å².